The fraction of sp³-hybridized carbons (Fsp3) is 0.417. The summed E-state index contributed by atoms with van der Waals surface area (Å²) in [6.45, 7) is 1.43. The van der Waals surface area contributed by atoms with E-state index in [-0.39, 0.29) is 0 Å². The standard InChI is InChI=1S/C12H13BrN4O/c13-9-5-10(7-14-6-9)18-8-12-16-15-11-3-1-2-4-17(11)12/h5-7H,1-4,8H2. The van der Waals surface area contributed by atoms with Crippen molar-refractivity contribution in [3.63, 3.8) is 0 Å². The Labute approximate surface area is 113 Å². The average molecular weight is 309 g/mol. The van der Waals surface area contributed by atoms with Crippen molar-refractivity contribution in [1.82, 2.24) is 19.7 Å². The fourth-order valence-electron chi connectivity index (χ4n) is 2.09. The maximum atomic E-state index is 5.68. The van der Waals surface area contributed by atoms with Crippen molar-refractivity contribution in [2.24, 2.45) is 0 Å². The summed E-state index contributed by atoms with van der Waals surface area (Å²) in [7, 11) is 0. The SMILES string of the molecule is Brc1cncc(OCc2nnc3n2CCCC3)c1. The fourth-order valence-corrected chi connectivity index (χ4v) is 2.44. The van der Waals surface area contributed by atoms with E-state index in [1.54, 1.807) is 12.4 Å². The van der Waals surface area contributed by atoms with Crippen LogP contribution in [0.2, 0.25) is 0 Å². The molecule has 0 radical (unpaired) electrons. The van der Waals surface area contributed by atoms with E-state index in [0.29, 0.717) is 6.61 Å². The molecule has 0 saturated heterocycles. The molecule has 3 rings (SSSR count). The number of rotatable bonds is 3. The molecule has 18 heavy (non-hydrogen) atoms. The molecule has 0 spiro atoms. The lowest BCUT2D eigenvalue weighted by Gasteiger charge is -2.14. The van der Waals surface area contributed by atoms with Crippen molar-refractivity contribution in [2.75, 3.05) is 0 Å². The van der Waals surface area contributed by atoms with E-state index in [2.05, 4.69) is 35.7 Å². The molecule has 1 aliphatic heterocycles. The van der Waals surface area contributed by atoms with E-state index in [1.807, 2.05) is 6.07 Å². The van der Waals surface area contributed by atoms with Crippen LogP contribution in [0.15, 0.2) is 22.9 Å². The molecule has 0 N–H and O–H groups in total. The molecule has 0 bridgehead atoms. The van der Waals surface area contributed by atoms with Gasteiger partial charge in [0.05, 0.1) is 6.20 Å². The number of aromatic nitrogens is 4. The summed E-state index contributed by atoms with van der Waals surface area (Å²) in [6, 6.07) is 1.89. The molecule has 5 nitrogen and oxygen atoms in total. The predicted octanol–water partition coefficient (Wildman–Crippen LogP) is 2.35. The molecule has 0 fully saturated rings. The molecular weight excluding hydrogens is 296 g/mol. The number of nitrogens with zero attached hydrogens (tertiary/aromatic N) is 4. The highest BCUT2D eigenvalue weighted by Crippen LogP contribution is 2.18. The summed E-state index contributed by atoms with van der Waals surface area (Å²) in [4.78, 5) is 4.06. The van der Waals surface area contributed by atoms with E-state index >= 15 is 0 Å². The second kappa shape index (κ2) is 5.06. The molecule has 2 aromatic heterocycles. The van der Waals surface area contributed by atoms with Crippen LogP contribution in [0.5, 0.6) is 5.75 Å². The Balaban J connectivity index is 1.72. The minimum Gasteiger partial charge on any atom is -0.484 e. The average Bonchev–Trinajstić information content (AvgIpc) is 2.80. The predicted molar refractivity (Wildman–Crippen MR) is 69.2 cm³/mol. The van der Waals surface area contributed by atoms with Gasteiger partial charge in [-0.3, -0.25) is 4.98 Å². The van der Waals surface area contributed by atoms with Crippen LogP contribution in [0.1, 0.15) is 24.5 Å². The van der Waals surface area contributed by atoms with Gasteiger partial charge in [-0.25, -0.2) is 0 Å². The normalized spacial score (nSPS) is 14.3. The van der Waals surface area contributed by atoms with Crippen LogP contribution in [0.3, 0.4) is 0 Å². The second-order valence-corrected chi connectivity index (χ2v) is 5.18. The maximum absolute atomic E-state index is 5.68. The van der Waals surface area contributed by atoms with Crippen LogP contribution in [-0.2, 0) is 19.6 Å². The molecule has 0 amide bonds. The van der Waals surface area contributed by atoms with Gasteiger partial charge < -0.3 is 9.30 Å². The summed E-state index contributed by atoms with van der Waals surface area (Å²) < 4.78 is 8.75. The van der Waals surface area contributed by atoms with Gasteiger partial charge in [-0.05, 0) is 34.8 Å². The van der Waals surface area contributed by atoms with Crippen molar-refractivity contribution in [2.45, 2.75) is 32.4 Å². The lowest BCUT2D eigenvalue weighted by atomic mass is 10.2. The number of ether oxygens (including phenoxy) is 1. The number of fused-ring (bicyclic) bond motifs is 1. The topological polar surface area (TPSA) is 52.8 Å². The largest absolute Gasteiger partial charge is 0.484 e. The molecule has 0 aromatic carbocycles. The third kappa shape index (κ3) is 2.38. The monoisotopic (exact) mass is 308 g/mol. The van der Waals surface area contributed by atoms with E-state index in [1.165, 1.54) is 12.8 Å². The molecule has 6 heteroatoms. The summed E-state index contributed by atoms with van der Waals surface area (Å²) in [5.41, 5.74) is 0. The van der Waals surface area contributed by atoms with Crippen LogP contribution in [-0.4, -0.2) is 19.7 Å². The lowest BCUT2D eigenvalue weighted by Crippen LogP contribution is -2.14. The molecule has 3 heterocycles. The minimum atomic E-state index is 0.436. The van der Waals surface area contributed by atoms with Gasteiger partial charge in [-0.15, -0.1) is 10.2 Å². The first-order chi connectivity index (χ1) is 8.83. The van der Waals surface area contributed by atoms with Gasteiger partial charge in [0, 0.05) is 23.6 Å². The zero-order valence-corrected chi connectivity index (χ0v) is 11.4. The maximum Gasteiger partial charge on any atom is 0.171 e. The van der Waals surface area contributed by atoms with Crippen molar-refractivity contribution < 1.29 is 4.74 Å². The highest BCUT2D eigenvalue weighted by molar-refractivity contribution is 9.10. The van der Waals surface area contributed by atoms with Gasteiger partial charge in [-0.1, -0.05) is 0 Å². The summed E-state index contributed by atoms with van der Waals surface area (Å²) >= 11 is 3.37. The van der Waals surface area contributed by atoms with Gasteiger partial charge in [-0.2, -0.15) is 0 Å². The molecule has 1 aliphatic rings. The van der Waals surface area contributed by atoms with Crippen molar-refractivity contribution >= 4 is 15.9 Å². The summed E-state index contributed by atoms with van der Waals surface area (Å²) in [5, 5.41) is 8.39. The highest BCUT2D eigenvalue weighted by atomic mass is 79.9. The third-order valence-electron chi connectivity index (χ3n) is 2.98. The van der Waals surface area contributed by atoms with E-state index in [9.17, 15) is 0 Å². The van der Waals surface area contributed by atoms with Gasteiger partial charge in [0.1, 0.15) is 18.2 Å². The van der Waals surface area contributed by atoms with Crippen LogP contribution in [0.4, 0.5) is 0 Å². The van der Waals surface area contributed by atoms with E-state index in [0.717, 1.165) is 34.8 Å². The Morgan fingerprint density at radius 1 is 1.28 bits per heavy atom. The Bertz CT molecular complexity index is 555. The van der Waals surface area contributed by atoms with Crippen molar-refractivity contribution in [3.05, 3.63) is 34.6 Å². The Morgan fingerprint density at radius 2 is 2.22 bits per heavy atom. The van der Waals surface area contributed by atoms with Gasteiger partial charge in [0.25, 0.3) is 0 Å². The lowest BCUT2D eigenvalue weighted by molar-refractivity contribution is 0.285. The molecule has 0 unspecified atom stereocenters. The van der Waals surface area contributed by atoms with Crippen LogP contribution in [0.25, 0.3) is 0 Å². The highest BCUT2D eigenvalue weighted by Gasteiger charge is 2.15. The zero-order valence-electron chi connectivity index (χ0n) is 9.84. The minimum absolute atomic E-state index is 0.436. The summed E-state index contributed by atoms with van der Waals surface area (Å²) in [5.74, 6) is 2.70. The third-order valence-corrected chi connectivity index (χ3v) is 3.42. The van der Waals surface area contributed by atoms with Gasteiger partial charge >= 0.3 is 0 Å². The van der Waals surface area contributed by atoms with Crippen LogP contribution in [0, 0.1) is 0 Å². The zero-order chi connectivity index (χ0) is 12.4. The number of hydrogen-bond acceptors (Lipinski definition) is 4. The second-order valence-electron chi connectivity index (χ2n) is 4.27. The quantitative estimate of drug-likeness (QED) is 0.873. The van der Waals surface area contributed by atoms with Gasteiger partial charge in [0.15, 0.2) is 5.82 Å². The number of hydrogen-bond donors (Lipinski definition) is 0. The Morgan fingerprint density at radius 3 is 3.11 bits per heavy atom. The first-order valence-electron chi connectivity index (χ1n) is 5.97. The molecule has 0 atom stereocenters. The van der Waals surface area contributed by atoms with Crippen molar-refractivity contribution in [1.29, 1.82) is 0 Å². The Kier molecular flexibility index (Phi) is 3.27. The summed E-state index contributed by atoms with van der Waals surface area (Å²) in [6.07, 6.45) is 6.83. The van der Waals surface area contributed by atoms with Crippen LogP contribution >= 0.6 is 15.9 Å². The molecule has 0 saturated carbocycles. The number of halogens is 1. The Hall–Kier alpha value is -1.43. The van der Waals surface area contributed by atoms with E-state index in [4.69, 9.17) is 4.74 Å². The van der Waals surface area contributed by atoms with Crippen LogP contribution < -0.4 is 4.74 Å². The molecule has 94 valence electrons. The first kappa shape index (κ1) is 11.6. The molecule has 0 aliphatic carbocycles. The number of aryl methyl sites for hydroxylation is 1. The molecule has 2 aromatic rings. The van der Waals surface area contributed by atoms with E-state index < -0.39 is 0 Å². The smallest absolute Gasteiger partial charge is 0.171 e. The molecular formula is C12H13BrN4O. The first-order valence-corrected chi connectivity index (χ1v) is 6.76. The van der Waals surface area contributed by atoms with Gasteiger partial charge in [0.2, 0.25) is 0 Å². The van der Waals surface area contributed by atoms with Crippen molar-refractivity contribution in [3.8, 4) is 5.75 Å². The number of pyridine rings is 1.